The van der Waals surface area contributed by atoms with E-state index in [-0.39, 0.29) is 25.0 Å². The highest BCUT2D eigenvalue weighted by Gasteiger charge is 2.03. The smallest absolute Gasteiger partial charge is 0.333 e. The Balaban J connectivity index is 3.39. The molecule has 0 saturated carbocycles. The Bertz CT molecular complexity index is 353. The van der Waals surface area contributed by atoms with Gasteiger partial charge in [-0.2, -0.15) is 0 Å². The first kappa shape index (κ1) is 18.1. The van der Waals surface area contributed by atoms with Gasteiger partial charge in [-0.3, -0.25) is 0 Å². The maximum Gasteiger partial charge on any atom is 0.333 e. The highest BCUT2D eigenvalue weighted by molar-refractivity contribution is 5.86. The van der Waals surface area contributed by atoms with Gasteiger partial charge in [0.2, 0.25) is 0 Å². The van der Waals surface area contributed by atoms with E-state index in [9.17, 15) is 14.4 Å². The molecule has 0 rings (SSSR count). The van der Waals surface area contributed by atoms with E-state index >= 15 is 0 Å². The second kappa shape index (κ2) is 11.0. The maximum absolute atomic E-state index is 11.3. The quantitative estimate of drug-likeness (QED) is 0.362. The van der Waals surface area contributed by atoms with E-state index in [2.05, 4.69) is 17.2 Å². The molecule has 0 unspecified atom stereocenters. The lowest BCUT2D eigenvalue weighted by atomic mass is 10.1. The third-order valence-corrected chi connectivity index (χ3v) is 2.46. The van der Waals surface area contributed by atoms with E-state index in [1.165, 1.54) is 0 Å². The van der Waals surface area contributed by atoms with Gasteiger partial charge in [-0.05, 0) is 26.7 Å². The number of nitrogens with one attached hydrogen (secondary N) is 2. The van der Waals surface area contributed by atoms with Crippen LogP contribution >= 0.6 is 0 Å². The van der Waals surface area contributed by atoms with E-state index in [1.807, 2.05) is 0 Å². The van der Waals surface area contributed by atoms with E-state index in [0.717, 1.165) is 19.3 Å². The molecule has 0 heterocycles. The largest absolute Gasteiger partial charge is 0.460 e. The minimum absolute atomic E-state index is 0.123. The number of Topliss-reactive ketones (excluding diaryl/α,β-unsaturated/α-hetero) is 1. The van der Waals surface area contributed by atoms with Crippen molar-refractivity contribution < 1.29 is 19.1 Å². The summed E-state index contributed by atoms with van der Waals surface area (Å²) in [5, 5.41) is 5.26. The molecule has 0 spiro atoms. The number of esters is 1. The molecule has 20 heavy (non-hydrogen) atoms. The zero-order valence-corrected chi connectivity index (χ0v) is 12.3. The van der Waals surface area contributed by atoms with E-state index in [4.69, 9.17) is 4.74 Å². The minimum Gasteiger partial charge on any atom is -0.460 e. The SMILES string of the molecule is C=C(C)C(=O)OCCNC(=O)NCCCCCC(C)=O. The van der Waals surface area contributed by atoms with Crippen LogP contribution in [0.2, 0.25) is 0 Å². The summed E-state index contributed by atoms with van der Waals surface area (Å²) in [4.78, 5) is 33.1. The van der Waals surface area contributed by atoms with Crippen LogP contribution in [0.25, 0.3) is 0 Å². The molecule has 0 fully saturated rings. The minimum atomic E-state index is -0.460. The molecule has 0 radical (unpaired) electrons. The predicted molar refractivity (Wildman–Crippen MR) is 76.3 cm³/mol. The molecule has 2 amide bonds. The molecule has 0 bridgehead atoms. The maximum atomic E-state index is 11.3. The summed E-state index contributed by atoms with van der Waals surface area (Å²) in [6, 6.07) is -0.289. The molecule has 0 atom stereocenters. The van der Waals surface area contributed by atoms with Crippen LogP contribution in [0.5, 0.6) is 0 Å². The standard InChI is InChI=1S/C14H24N2O4/c1-11(2)13(18)20-10-9-16-14(19)15-8-6-4-5-7-12(3)17/h1,4-10H2,2-3H3,(H2,15,16,19). The van der Waals surface area contributed by atoms with Gasteiger partial charge in [0.25, 0.3) is 0 Å². The normalized spacial score (nSPS) is 9.70. The van der Waals surface area contributed by atoms with E-state index < -0.39 is 5.97 Å². The molecule has 0 aliphatic rings. The van der Waals surface area contributed by atoms with Gasteiger partial charge in [0, 0.05) is 18.5 Å². The van der Waals surface area contributed by atoms with Crippen molar-refractivity contribution in [2.24, 2.45) is 0 Å². The van der Waals surface area contributed by atoms with Crippen molar-refractivity contribution in [1.82, 2.24) is 10.6 Å². The molecule has 2 N–H and O–H groups in total. The van der Waals surface area contributed by atoms with Crippen LogP contribution in [-0.4, -0.2) is 37.5 Å². The summed E-state index contributed by atoms with van der Waals surface area (Å²) in [6.45, 7) is 7.54. The fourth-order valence-electron chi connectivity index (χ4n) is 1.37. The average molecular weight is 284 g/mol. The van der Waals surface area contributed by atoms with Crippen molar-refractivity contribution in [3.8, 4) is 0 Å². The van der Waals surface area contributed by atoms with Gasteiger partial charge in [-0.1, -0.05) is 13.0 Å². The molecule has 114 valence electrons. The molecular formula is C14H24N2O4. The molecule has 0 saturated heterocycles. The summed E-state index contributed by atoms with van der Waals surface area (Å²) in [6.07, 6.45) is 3.21. The zero-order chi connectivity index (χ0) is 15.4. The number of hydrogen-bond acceptors (Lipinski definition) is 4. The average Bonchev–Trinajstić information content (AvgIpc) is 2.37. The number of carbonyl (C=O) groups is 3. The number of urea groups is 1. The Morgan fingerprint density at radius 1 is 1.00 bits per heavy atom. The Labute approximate surface area is 119 Å². The van der Waals surface area contributed by atoms with Crippen molar-refractivity contribution in [1.29, 1.82) is 0 Å². The highest BCUT2D eigenvalue weighted by atomic mass is 16.5. The molecule has 0 aromatic rings. The second-order valence-electron chi connectivity index (χ2n) is 4.61. The molecule has 6 heteroatoms. The lowest BCUT2D eigenvalue weighted by Crippen LogP contribution is -2.38. The van der Waals surface area contributed by atoms with Crippen LogP contribution in [0.4, 0.5) is 4.79 Å². The monoisotopic (exact) mass is 284 g/mol. The fraction of sp³-hybridized carbons (Fsp3) is 0.643. The number of amides is 2. The summed E-state index contributed by atoms with van der Waals surface area (Å²) >= 11 is 0. The van der Waals surface area contributed by atoms with Crippen LogP contribution < -0.4 is 10.6 Å². The number of unbranched alkanes of at least 4 members (excludes halogenated alkanes) is 2. The topological polar surface area (TPSA) is 84.5 Å². The molecule has 0 aliphatic carbocycles. The number of ether oxygens (including phenoxy) is 1. The Hall–Kier alpha value is -1.85. The fourth-order valence-corrected chi connectivity index (χ4v) is 1.37. The van der Waals surface area contributed by atoms with Crippen molar-refractivity contribution in [3.05, 3.63) is 12.2 Å². The number of ketones is 1. The van der Waals surface area contributed by atoms with Gasteiger partial charge in [-0.15, -0.1) is 0 Å². The van der Waals surface area contributed by atoms with Crippen LogP contribution in [0.1, 0.15) is 39.5 Å². The highest BCUT2D eigenvalue weighted by Crippen LogP contribution is 1.99. The first-order valence-electron chi connectivity index (χ1n) is 6.77. The molecule has 0 aromatic carbocycles. The van der Waals surface area contributed by atoms with Crippen LogP contribution in [-0.2, 0) is 14.3 Å². The summed E-state index contributed by atoms with van der Waals surface area (Å²) in [5.41, 5.74) is 0.333. The summed E-state index contributed by atoms with van der Waals surface area (Å²) in [5.74, 6) is -0.266. The van der Waals surface area contributed by atoms with Crippen molar-refractivity contribution in [3.63, 3.8) is 0 Å². The molecule has 0 aliphatic heterocycles. The van der Waals surface area contributed by atoms with Gasteiger partial charge in [0.1, 0.15) is 12.4 Å². The first-order chi connectivity index (χ1) is 9.43. The van der Waals surface area contributed by atoms with Crippen molar-refractivity contribution in [2.45, 2.75) is 39.5 Å². The first-order valence-corrected chi connectivity index (χ1v) is 6.77. The van der Waals surface area contributed by atoms with Gasteiger partial charge in [0.15, 0.2) is 0 Å². The number of carbonyl (C=O) groups excluding carboxylic acids is 3. The molecular weight excluding hydrogens is 260 g/mol. The third-order valence-electron chi connectivity index (χ3n) is 2.46. The lowest BCUT2D eigenvalue weighted by Gasteiger charge is -2.08. The van der Waals surface area contributed by atoms with Crippen LogP contribution in [0.15, 0.2) is 12.2 Å². The Morgan fingerprint density at radius 3 is 2.25 bits per heavy atom. The summed E-state index contributed by atoms with van der Waals surface area (Å²) in [7, 11) is 0. The second-order valence-corrected chi connectivity index (χ2v) is 4.61. The Kier molecular flexibility index (Phi) is 10.00. The number of rotatable bonds is 10. The lowest BCUT2D eigenvalue weighted by molar-refractivity contribution is -0.138. The zero-order valence-electron chi connectivity index (χ0n) is 12.3. The third kappa shape index (κ3) is 11.3. The van der Waals surface area contributed by atoms with E-state index in [1.54, 1.807) is 13.8 Å². The Morgan fingerprint density at radius 2 is 1.65 bits per heavy atom. The van der Waals surface area contributed by atoms with Gasteiger partial charge in [0.05, 0.1) is 6.54 Å². The predicted octanol–water partition coefficient (Wildman–Crippen LogP) is 1.55. The van der Waals surface area contributed by atoms with Gasteiger partial charge in [-0.25, -0.2) is 9.59 Å². The van der Waals surface area contributed by atoms with Gasteiger partial charge < -0.3 is 20.2 Å². The number of hydrogen-bond donors (Lipinski definition) is 2. The van der Waals surface area contributed by atoms with Crippen molar-refractivity contribution in [2.75, 3.05) is 19.7 Å². The molecule has 0 aromatic heterocycles. The van der Waals surface area contributed by atoms with Crippen LogP contribution in [0, 0.1) is 0 Å². The van der Waals surface area contributed by atoms with E-state index in [0.29, 0.717) is 18.5 Å². The van der Waals surface area contributed by atoms with Crippen LogP contribution in [0.3, 0.4) is 0 Å². The molecule has 6 nitrogen and oxygen atoms in total. The van der Waals surface area contributed by atoms with Crippen molar-refractivity contribution >= 4 is 17.8 Å². The summed E-state index contributed by atoms with van der Waals surface area (Å²) < 4.78 is 4.82. The van der Waals surface area contributed by atoms with Gasteiger partial charge >= 0.3 is 12.0 Å².